The molecule has 2 amide bonds. The third kappa shape index (κ3) is 5.27. The number of carbonyl (C=O) groups excluding carboxylic acids is 1. The number of nitrogens with zero attached hydrogens (tertiary/aromatic N) is 2. The van der Waals surface area contributed by atoms with Crippen molar-refractivity contribution in [2.75, 3.05) is 0 Å². The Hall–Kier alpha value is -4.13. The van der Waals surface area contributed by atoms with Crippen LogP contribution in [0.25, 0.3) is 11.4 Å². The summed E-state index contributed by atoms with van der Waals surface area (Å²) in [5, 5.41) is 12.6. The fourth-order valence-corrected chi connectivity index (χ4v) is 3.23. The molecular formula is C24H23N5O2. The SMILES string of the molecule is CC(NC(=O)NCc1cccc(-c2ncn[nH]2)c1)c1ccccc1Oc1ccccc1. The lowest BCUT2D eigenvalue weighted by Gasteiger charge is -2.18. The molecule has 0 aliphatic carbocycles. The summed E-state index contributed by atoms with van der Waals surface area (Å²) in [4.78, 5) is 16.6. The molecule has 31 heavy (non-hydrogen) atoms. The molecule has 7 heteroatoms. The van der Waals surface area contributed by atoms with Gasteiger partial charge in [0.25, 0.3) is 0 Å². The summed E-state index contributed by atoms with van der Waals surface area (Å²) in [5.41, 5.74) is 2.77. The molecule has 0 saturated heterocycles. The van der Waals surface area contributed by atoms with E-state index in [0.717, 1.165) is 22.4 Å². The summed E-state index contributed by atoms with van der Waals surface area (Å²) in [6.07, 6.45) is 1.47. The zero-order valence-corrected chi connectivity index (χ0v) is 17.1. The maximum absolute atomic E-state index is 12.5. The molecule has 7 nitrogen and oxygen atoms in total. The van der Waals surface area contributed by atoms with Crippen LogP contribution in [0.3, 0.4) is 0 Å². The van der Waals surface area contributed by atoms with Gasteiger partial charge in [0.05, 0.1) is 6.04 Å². The maximum Gasteiger partial charge on any atom is 0.315 e. The molecule has 1 unspecified atom stereocenters. The summed E-state index contributed by atoms with van der Waals surface area (Å²) in [6.45, 7) is 2.32. The number of carbonyl (C=O) groups is 1. The van der Waals surface area contributed by atoms with Gasteiger partial charge in [0.15, 0.2) is 5.82 Å². The van der Waals surface area contributed by atoms with Crippen LogP contribution in [-0.4, -0.2) is 21.2 Å². The van der Waals surface area contributed by atoms with E-state index in [9.17, 15) is 4.79 Å². The standard InChI is InChI=1S/C24H23N5O2/c1-17(21-12-5-6-13-22(21)31-20-10-3-2-4-11-20)28-24(30)25-15-18-8-7-9-19(14-18)23-26-16-27-29-23/h2-14,16-17H,15H2,1H3,(H2,25,28,30)(H,26,27,29). The normalized spacial score (nSPS) is 11.5. The van der Waals surface area contributed by atoms with Gasteiger partial charge in [-0.3, -0.25) is 5.10 Å². The number of urea groups is 1. The minimum Gasteiger partial charge on any atom is -0.457 e. The monoisotopic (exact) mass is 413 g/mol. The van der Waals surface area contributed by atoms with E-state index in [2.05, 4.69) is 25.8 Å². The molecule has 0 aliphatic rings. The molecule has 0 spiro atoms. The lowest BCUT2D eigenvalue weighted by atomic mass is 10.1. The van der Waals surface area contributed by atoms with Gasteiger partial charge in [-0.1, -0.05) is 54.6 Å². The van der Waals surface area contributed by atoms with E-state index in [1.807, 2.05) is 85.8 Å². The molecule has 1 heterocycles. The van der Waals surface area contributed by atoms with Gasteiger partial charge in [-0.25, -0.2) is 9.78 Å². The number of para-hydroxylation sites is 2. The van der Waals surface area contributed by atoms with E-state index in [1.165, 1.54) is 6.33 Å². The Balaban J connectivity index is 1.37. The third-order valence-corrected chi connectivity index (χ3v) is 4.77. The highest BCUT2D eigenvalue weighted by Gasteiger charge is 2.14. The number of hydrogen-bond donors (Lipinski definition) is 3. The molecule has 0 aliphatic heterocycles. The van der Waals surface area contributed by atoms with Crippen molar-refractivity contribution in [3.8, 4) is 22.9 Å². The van der Waals surface area contributed by atoms with Gasteiger partial charge in [-0.15, -0.1) is 0 Å². The Morgan fingerprint density at radius 2 is 1.84 bits per heavy atom. The van der Waals surface area contributed by atoms with Crippen LogP contribution in [-0.2, 0) is 6.54 Å². The number of ether oxygens (including phenoxy) is 1. The predicted octanol–water partition coefficient (Wildman–Crippen LogP) is 4.82. The number of benzene rings is 3. The Labute approximate surface area is 180 Å². The van der Waals surface area contributed by atoms with Gasteiger partial charge in [0.2, 0.25) is 0 Å². The summed E-state index contributed by atoms with van der Waals surface area (Å²) >= 11 is 0. The van der Waals surface area contributed by atoms with E-state index in [4.69, 9.17) is 4.74 Å². The van der Waals surface area contributed by atoms with Gasteiger partial charge in [-0.05, 0) is 36.8 Å². The van der Waals surface area contributed by atoms with Crippen molar-refractivity contribution in [2.24, 2.45) is 0 Å². The van der Waals surface area contributed by atoms with Crippen LogP contribution in [0, 0.1) is 0 Å². The molecule has 156 valence electrons. The summed E-state index contributed by atoms with van der Waals surface area (Å²) in [5.74, 6) is 2.15. The quantitative estimate of drug-likeness (QED) is 0.405. The fourth-order valence-electron chi connectivity index (χ4n) is 3.23. The number of hydrogen-bond acceptors (Lipinski definition) is 4. The van der Waals surface area contributed by atoms with Crippen molar-refractivity contribution in [1.82, 2.24) is 25.8 Å². The van der Waals surface area contributed by atoms with Crippen LogP contribution >= 0.6 is 0 Å². The highest BCUT2D eigenvalue weighted by atomic mass is 16.5. The van der Waals surface area contributed by atoms with Crippen molar-refractivity contribution >= 4 is 6.03 Å². The van der Waals surface area contributed by atoms with Gasteiger partial charge >= 0.3 is 6.03 Å². The molecule has 0 fully saturated rings. The third-order valence-electron chi connectivity index (χ3n) is 4.77. The molecule has 1 atom stereocenters. The summed E-state index contributed by atoms with van der Waals surface area (Å²) < 4.78 is 6.00. The highest BCUT2D eigenvalue weighted by Crippen LogP contribution is 2.29. The van der Waals surface area contributed by atoms with Crippen LogP contribution in [0.4, 0.5) is 4.79 Å². The van der Waals surface area contributed by atoms with Gasteiger partial charge in [-0.2, -0.15) is 5.10 Å². The molecule has 0 radical (unpaired) electrons. The van der Waals surface area contributed by atoms with Crippen molar-refractivity contribution in [3.05, 3.63) is 96.3 Å². The molecule has 0 bridgehead atoms. The largest absolute Gasteiger partial charge is 0.457 e. The zero-order chi connectivity index (χ0) is 21.5. The maximum atomic E-state index is 12.5. The van der Waals surface area contributed by atoms with Crippen LogP contribution in [0.2, 0.25) is 0 Å². The van der Waals surface area contributed by atoms with E-state index in [0.29, 0.717) is 18.1 Å². The van der Waals surface area contributed by atoms with Crippen molar-refractivity contribution in [2.45, 2.75) is 19.5 Å². The van der Waals surface area contributed by atoms with Crippen molar-refractivity contribution in [3.63, 3.8) is 0 Å². The van der Waals surface area contributed by atoms with E-state index in [1.54, 1.807) is 0 Å². The first-order valence-electron chi connectivity index (χ1n) is 10.00. The Bertz CT molecular complexity index is 1130. The lowest BCUT2D eigenvalue weighted by molar-refractivity contribution is 0.237. The Kier molecular flexibility index (Phi) is 6.23. The predicted molar refractivity (Wildman–Crippen MR) is 119 cm³/mol. The fraction of sp³-hybridized carbons (Fsp3) is 0.125. The second-order valence-electron chi connectivity index (χ2n) is 7.04. The molecule has 4 rings (SSSR count). The molecule has 0 saturated carbocycles. The lowest BCUT2D eigenvalue weighted by Crippen LogP contribution is -2.36. The highest BCUT2D eigenvalue weighted by molar-refractivity contribution is 5.74. The Morgan fingerprint density at radius 3 is 2.65 bits per heavy atom. The van der Waals surface area contributed by atoms with E-state index >= 15 is 0 Å². The second-order valence-corrected chi connectivity index (χ2v) is 7.04. The second kappa shape index (κ2) is 9.58. The number of H-pyrrole nitrogens is 1. The number of nitrogens with one attached hydrogen (secondary N) is 3. The van der Waals surface area contributed by atoms with Gasteiger partial charge < -0.3 is 15.4 Å². The number of amides is 2. The topological polar surface area (TPSA) is 91.9 Å². The van der Waals surface area contributed by atoms with Crippen LogP contribution in [0.5, 0.6) is 11.5 Å². The van der Waals surface area contributed by atoms with Crippen molar-refractivity contribution < 1.29 is 9.53 Å². The van der Waals surface area contributed by atoms with Gasteiger partial charge in [0, 0.05) is 17.7 Å². The van der Waals surface area contributed by atoms with E-state index in [-0.39, 0.29) is 12.1 Å². The van der Waals surface area contributed by atoms with Crippen molar-refractivity contribution in [1.29, 1.82) is 0 Å². The number of aromatic amines is 1. The average Bonchev–Trinajstić information content (AvgIpc) is 3.34. The zero-order valence-electron chi connectivity index (χ0n) is 17.1. The minimum absolute atomic E-state index is 0.236. The molecular weight excluding hydrogens is 390 g/mol. The molecule has 3 aromatic carbocycles. The van der Waals surface area contributed by atoms with Gasteiger partial charge in [0.1, 0.15) is 17.8 Å². The first-order chi connectivity index (χ1) is 15.2. The van der Waals surface area contributed by atoms with Crippen LogP contribution < -0.4 is 15.4 Å². The molecule has 1 aromatic heterocycles. The summed E-state index contributed by atoms with van der Waals surface area (Å²) in [7, 11) is 0. The molecule has 3 N–H and O–H groups in total. The smallest absolute Gasteiger partial charge is 0.315 e. The minimum atomic E-state index is -0.257. The number of rotatable bonds is 7. The summed E-state index contributed by atoms with van der Waals surface area (Å²) in [6, 6.07) is 24.5. The van der Waals surface area contributed by atoms with Crippen LogP contribution in [0.15, 0.2) is 85.2 Å². The molecule has 4 aromatic rings. The Morgan fingerprint density at radius 1 is 1.03 bits per heavy atom. The number of aromatic nitrogens is 3. The first kappa shape index (κ1) is 20.2. The van der Waals surface area contributed by atoms with Crippen LogP contribution in [0.1, 0.15) is 24.1 Å². The first-order valence-corrected chi connectivity index (χ1v) is 10.00. The average molecular weight is 413 g/mol. The van der Waals surface area contributed by atoms with E-state index < -0.39 is 0 Å².